The Hall–Kier alpha value is -1.13. The summed E-state index contributed by atoms with van der Waals surface area (Å²) < 4.78 is 26.7. The quantitative estimate of drug-likeness (QED) is 0.785. The van der Waals surface area contributed by atoms with Crippen molar-refractivity contribution in [2.24, 2.45) is 0 Å². The van der Waals surface area contributed by atoms with Gasteiger partial charge in [0.15, 0.2) is 0 Å². The van der Waals surface area contributed by atoms with Crippen molar-refractivity contribution in [1.82, 2.24) is 4.31 Å². The van der Waals surface area contributed by atoms with Crippen LogP contribution in [0.5, 0.6) is 0 Å². The van der Waals surface area contributed by atoms with Gasteiger partial charge in [0.05, 0.1) is 4.90 Å². The van der Waals surface area contributed by atoms with Crippen LogP contribution in [0, 0.1) is 6.92 Å². The number of aryl methyl sites for hydroxylation is 1. The third kappa shape index (κ3) is 2.49. The Bertz CT molecular complexity index is 519. The molecule has 1 aliphatic heterocycles. The summed E-state index contributed by atoms with van der Waals surface area (Å²) in [7, 11) is -3.34. The number of nitrogens with zero attached hydrogens (tertiary/aromatic N) is 1. The SMILES string of the molecule is C=CCC1CCCN1S(=O)(=O)c1ccc(C)cc1. The molecule has 1 aliphatic rings. The van der Waals surface area contributed by atoms with Gasteiger partial charge in [0.25, 0.3) is 0 Å². The maximum Gasteiger partial charge on any atom is 0.243 e. The molecule has 0 radical (unpaired) electrons. The molecular weight excluding hydrogens is 246 g/mol. The topological polar surface area (TPSA) is 37.4 Å². The van der Waals surface area contributed by atoms with Crippen LogP contribution >= 0.6 is 0 Å². The minimum Gasteiger partial charge on any atom is -0.207 e. The summed E-state index contributed by atoms with van der Waals surface area (Å²) >= 11 is 0. The Labute approximate surface area is 109 Å². The molecule has 1 heterocycles. The third-order valence-electron chi connectivity index (χ3n) is 3.39. The molecule has 2 rings (SSSR count). The van der Waals surface area contributed by atoms with Crippen molar-refractivity contribution in [2.45, 2.75) is 37.1 Å². The molecule has 0 aliphatic carbocycles. The molecule has 1 saturated heterocycles. The molecule has 98 valence electrons. The van der Waals surface area contributed by atoms with Gasteiger partial charge in [-0.3, -0.25) is 0 Å². The van der Waals surface area contributed by atoms with Crippen molar-refractivity contribution in [1.29, 1.82) is 0 Å². The van der Waals surface area contributed by atoms with Crippen LogP contribution < -0.4 is 0 Å². The molecular formula is C14H19NO2S. The summed E-state index contributed by atoms with van der Waals surface area (Å²) in [4.78, 5) is 0.393. The van der Waals surface area contributed by atoms with Gasteiger partial charge in [0, 0.05) is 12.6 Å². The molecule has 0 amide bonds. The average Bonchev–Trinajstić information content (AvgIpc) is 2.79. The van der Waals surface area contributed by atoms with Crippen LogP contribution in [0.2, 0.25) is 0 Å². The Kier molecular flexibility index (Phi) is 3.88. The van der Waals surface area contributed by atoms with E-state index in [0.29, 0.717) is 11.4 Å². The van der Waals surface area contributed by atoms with Crippen LogP contribution in [0.25, 0.3) is 0 Å². The van der Waals surface area contributed by atoms with Crippen molar-refractivity contribution < 1.29 is 8.42 Å². The second-order valence-corrected chi connectivity index (χ2v) is 6.64. The van der Waals surface area contributed by atoms with E-state index in [9.17, 15) is 8.42 Å². The number of sulfonamides is 1. The fraction of sp³-hybridized carbons (Fsp3) is 0.429. The van der Waals surface area contributed by atoms with E-state index < -0.39 is 10.0 Å². The molecule has 0 bridgehead atoms. The lowest BCUT2D eigenvalue weighted by Gasteiger charge is -2.23. The van der Waals surface area contributed by atoms with Crippen molar-refractivity contribution in [3.8, 4) is 0 Å². The minimum absolute atomic E-state index is 0.0776. The highest BCUT2D eigenvalue weighted by atomic mass is 32.2. The second-order valence-electron chi connectivity index (χ2n) is 4.75. The molecule has 0 saturated carbocycles. The molecule has 3 nitrogen and oxygen atoms in total. The molecule has 0 spiro atoms. The zero-order chi connectivity index (χ0) is 13.2. The maximum atomic E-state index is 12.5. The Morgan fingerprint density at radius 3 is 2.67 bits per heavy atom. The smallest absolute Gasteiger partial charge is 0.207 e. The van der Waals surface area contributed by atoms with Gasteiger partial charge in [-0.1, -0.05) is 23.8 Å². The van der Waals surface area contributed by atoms with Gasteiger partial charge in [0.2, 0.25) is 10.0 Å². The maximum absolute atomic E-state index is 12.5. The predicted molar refractivity (Wildman–Crippen MR) is 72.9 cm³/mol. The van der Waals surface area contributed by atoms with Gasteiger partial charge >= 0.3 is 0 Å². The van der Waals surface area contributed by atoms with Crippen LogP contribution in [-0.4, -0.2) is 25.3 Å². The summed E-state index contributed by atoms with van der Waals surface area (Å²) in [6, 6.07) is 7.13. The van der Waals surface area contributed by atoms with Gasteiger partial charge in [-0.2, -0.15) is 4.31 Å². The van der Waals surface area contributed by atoms with E-state index in [1.54, 1.807) is 22.5 Å². The highest BCUT2D eigenvalue weighted by Crippen LogP contribution is 2.28. The fourth-order valence-electron chi connectivity index (χ4n) is 2.40. The van der Waals surface area contributed by atoms with E-state index in [1.165, 1.54) is 0 Å². The molecule has 0 N–H and O–H groups in total. The first-order valence-corrected chi connectivity index (χ1v) is 7.69. The summed E-state index contributed by atoms with van der Waals surface area (Å²) in [6.07, 6.45) is 4.39. The highest BCUT2D eigenvalue weighted by molar-refractivity contribution is 7.89. The minimum atomic E-state index is -3.34. The van der Waals surface area contributed by atoms with Crippen molar-refractivity contribution in [3.05, 3.63) is 42.5 Å². The standard InChI is InChI=1S/C14H19NO2S/c1-3-5-13-6-4-11-15(13)18(16,17)14-9-7-12(2)8-10-14/h3,7-10,13H,1,4-6,11H2,2H3. The number of hydrogen-bond donors (Lipinski definition) is 0. The summed E-state index contributed by atoms with van der Waals surface area (Å²) in [6.45, 7) is 6.27. The van der Waals surface area contributed by atoms with Crippen molar-refractivity contribution in [2.75, 3.05) is 6.54 Å². The van der Waals surface area contributed by atoms with Gasteiger partial charge in [-0.05, 0) is 38.3 Å². The molecule has 1 atom stereocenters. The first kappa shape index (κ1) is 13.3. The van der Waals surface area contributed by atoms with E-state index in [0.717, 1.165) is 24.8 Å². The van der Waals surface area contributed by atoms with Crippen LogP contribution in [0.1, 0.15) is 24.8 Å². The Balaban J connectivity index is 2.30. The zero-order valence-corrected chi connectivity index (χ0v) is 11.5. The predicted octanol–water partition coefficient (Wildman–Crippen LogP) is 2.72. The monoisotopic (exact) mass is 265 g/mol. The number of benzene rings is 1. The highest BCUT2D eigenvalue weighted by Gasteiger charge is 2.34. The summed E-state index contributed by atoms with van der Waals surface area (Å²) in [5.74, 6) is 0. The lowest BCUT2D eigenvalue weighted by molar-refractivity contribution is 0.389. The van der Waals surface area contributed by atoms with E-state index in [4.69, 9.17) is 0 Å². The van der Waals surface area contributed by atoms with Gasteiger partial charge < -0.3 is 0 Å². The van der Waals surface area contributed by atoms with Crippen LogP contribution in [-0.2, 0) is 10.0 Å². The van der Waals surface area contributed by atoms with Crippen molar-refractivity contribution in [3.63, 3.8) is 0 Å². The van der Waals surface area contributed by atoms with E-state index in [2.05, 4.69) is 6.58 Å². The fourth-order valence-corrected chi connectivity index (χ4v) is 4.10. The molecule has 0 aromatic heterocycles. The second kappa shape index (κ2) is 5.24. The summed E-state index contributed by atoms with van der Waals surface area (Å²) in [5.41, 5.74) is 1.07. The molecule has 1 fully saturated rings. The number of rotatable bonds is 4. The van der Waals surface area contributed by atoms with Gasteiger partial charge in [0.1, 0.15) is 0 Å². The molecule has 1 unspecified atom stereocenters. The Morgan fingerprint density at radius 1 is 1.39 bits per heavy atom. The Morgan fingerprint density at radius 2 is 2.06 bits per heavy atom. The van der Waals surface area contributed by atoms with Gasteiger partial charge in [-0.25, -0.2) is 8.42 Å². The van der Waals surface area contributed by atoms with E-state index >= 15 is 0 Å². The molecule has 1 aromatic carbocycles. The van der Waals surface area contributed by atoms with Crippen LogP contribution in [0.15, 0.2) is 41.8 Å². The lowest BCUT2D eigenvalue weighted by atomic mass is 10.2. The molecule has 4 heteroatoms. The van der Waals surface area contributed by atoms with Gasteiger partial charge in [-0.15, -0.1) is 6.58 Å². The molecule has 18 heavy (non-hydrogen) atoms. The van der Waals surface area contributed by atoms with E-state index in [-0.39, 0.29) is 6.04 Å². The number of hydrogen-bond acceptors (Lipinski definition) is 2. The zero-order valence-electron chi connectivity index (χ0n) is 10.7. The summed E-state index contributed by atoms with van der Waals surface area (Å²) in [5, 5.41) is 0. The van der Waals surface area contributed by atoms with Crippen molar-refractivity contribution >= 4 is 10.0 Å². The van der Waals surface area contributed by atoms with E-state index in [1.807, 2.05) is 19.1 Å². The third-order valence-corrected chi connectivity index (χ3v) is 5.36. The molecule has 1 aromatic rings. The average molecular weight is 265 g/mol. The lowest BCUT2D eigenvalue weighted by Crippen LogP contribution is -2.35. The van der Waals surface area contributed by atoms with Crippen LogP contribution in [0.4, 0.5) is 0 Å². The largest absolute Gasteiger partial charge is 0.243 e. The van der Waals surface area contributed by atoms with Crippen LogP contribution in [0.3, 0.4) is 0 Å². The first-order chi connectivity index (χ1) is 8.55. The normalized spacial score (nSPS) is 21.1. The first-order valence-electron chi connectivity index (χ1n) is 6.25.